The molecule has 0 aromatic carbocycles. The van der Waals surface area contributed by atoms with Crippen LogP contribution in [0.4, 0.5) is 0 Å². The first kappa shape index (κ1) is 10.7. The Balaban J connectivity index is 2.28. The summed E-state index contributed by atoms with van der Waals surface area (Å²) in [6, 6.07) is 0. The Kier molecular flexibility index (Phi) is 4.46. The molecule has 0 heterocycles. The van der Waals surface area contributed by atoms with Crippen LogP contribution in [0.5, 0.6) is 0 Å². The Labute approximate surface area is 80.6 Å². The van der Waals surface area contributed by atoms with E-state index in [-0.39, 0.29) is 12.2 Å². The van der Waals surface area contributed by atoms with Gasteiger partial charge in [-0.25, -0.2) is 0 Å². The predicted octanol–water partition coefficient (Wildman–Crippen LogP) is 2.13. The highest BCUT2D eigenvalue weighted by Crippen LogP contribution is 2.36. The topological polar surface area (TPSA) is 29.5 Å². The molecule has 1 rings (SSSR count). The smallest absolute Gasteiger partial charge is 0.0861 e. The van der Waals surface area contributed by atoms with Gasteiger partial charge in [0.25, 0.3) is 0 Å². The van der Waals surface area contributed by atoms with Crippen molar-refractivity contribution in [2.24, 2.45) is 5.92 Å². The van der Waals surface area contributed by atoms with Crippen LogP contribution in [0.1, 0.15) is 32.6 Å². The standard InChI is InChI=1S/C11H20O2/c1-3-5-6-10(12)11(13-4-2)9-7-8-9/h3,9-12H,1,4-8H2,2H3. The summed E-state index contributed by atoms with van der Waals surface area (Å²) < 4.78 is 5.54. The van der Waals surface area contributed by atoms with E-state index in [1.807, 2.05) is 13.0 Å². The van der Waals surface area contributed by atoms with Gasteiger partial charge in [0, 0.05) is 6.61 Å². The molecule has 76 valence electrons. The van der Waals surface area contributed by atoms with Crippen LogP contribution < -0.4 is 0 Å². The number of hydrogen-bond donors (Lipinski definition) is 1. The van der Waals surface area contributed by atoms with Crippen LogP contribution in [0, 0.1) is 5.92 Å². The number of allylic oxidation sites excluding steroid dienone is 1. The van der Waals surface area contributed by atoms with E-state index in [0.29, 0.717) is 12.5 Å². The Hall–Kier alpha value is -0.340. The van der Waals surface area contributed by atoms with Crippen LogP contribution in [0.25, 0.3) is 0 Å². The third kappa shape index (κ3) is 3.49. The monoisotopic (exact) mass is 184 g/mol. The van der Waals surface area contributed by atoms with Crippen LogP contribution in [-0.4, -0.2) is 23.9 Å². The molecule has 0 amide bonds. The first-order valence-electron chi connectivity index (χ1n) is 5.20. The Morgan fingerprint density at radius 2 is 2.31 bits per heavy atom. The van der Waals surface area contributed by atoms with Crippen molar-refractivity contribution in [2.45, 2.75) is 44.8 Å². The highest BCUT2D eigenvalue weighted by molar-refractivity contribution is 4.87. The van der Waals surface area contributed by atoms with Crippen molar-refractivity contribution in [2.75, 3.05) is 6.61 Å². The molecule has 0 spiro atoms. The lowest BCUT2D eigenvalue weighted by Gasteiger charge is -2.22. The van der Waals surface area contributed by atoms with Crippen molar-refractivity contribution < 1.29 is 9.84 Å². The van der Waals surface area contributed by atoms with E-state index in [1.165, 1.54) is 12.8 Å². The molecule has 0 aliphatic heterocycles. The summed E-state index contributed by atoms with van der Waals surface area (Å²) >= 11 is 0. The maximum atomic E-state index is 9.81. The lowest BCUT2D eigenvalue weighted by Crippen LogP contribution is -2.30. The Morgan fingerprint density at radius 3 is 2.77 bits per heavy atom. The molecular formula is C11H20O2. The average molecular weight is 184 g/mol. The molecule has 2 nitrogen and oxygen atoms in total. The molecule has 1 fully saturated rings. The molecule has 13 heavy (non-hydrogen) atoms. The number of hydrogen-bond acceptors (Lipinski definition) is 2. The second-order valence-corrected chi connectivity index (χ2v) is 3.69. The molecule has 0 aromatic heterocycles. The average Bonchev–Trinajstić information content (AvgIpc) is 2.93. The fourth-order valence-corrected chi connectivity index (χ4v) is 1.63. The van der Waals surface area contributed by atoms with E-state index in [4.69, 9.17) is 4.74 Å². The zero-order chi connectivity index (χ0) is 9.68. The summed E-state index contributed by atoms with van der Waals surface area (Å²) in [6.07, 6.45) is 5.71. The van der Waals surface area contributed by atoms with Crippen LogP contribution in [0.2, 0.25) is 0 Å². The summed E-state index contributed by atoms with van der Waals surface area (Å²) in [6.45, 7) is 6.33. The highest BCUT2D eigenvalue weighted by atomic mass is 16.5. The number of rotatable bonds is 7. The summed E-state index contributed by atoms with van der Waals surface area (Å²) in [4.78, 5) is 0. The minimum atomic E-state index is -0.301. The van der Waals surface area contributed by atoms with E-state index < -0.39 is 0 Å². The Morgan fingerprint density at radius 1 is 1.62 bits per heavy atom. The summed E-state index contributed by atoms with van der Waals surface area (Å²) in [5.41, 5.74) is 0. The molecule has 2 atom stereocenters. The van der Waals surface area contributed by atoms with E-state index in [1.54, 1.807) is 0 Å². The van der Waals surface area contributed by atoms with Crippen molar-refractivity contribution >= 4 is 0 Å². The maximum absolute atomic E-state index is 9.81. The third-order valence-electron chi connectivity index (χ3n) is 2.49. The number of aliphatic hydroxyl groups excluding tert-OH is 1. The normalized spacial score (nSPS) is 21.1. The molecule has 1 N–H and O–H groups in total. The van der Waals surface area contributed by atoms with E-state index in [0.717, 1.165) is 12.8 Å². The van der Waals surface area contributed by atoms with Crippen molar-refractivity contribution in [1.82, 2.24) is 0 Å². The second-order valence-electron chi connectivity index (χ2n) is 3.69. The lowest BCUT2D eigenvalue weighted by atomic mass is 10.0. The van der Waals surface area contributed by atoms with Crippen molar-refractivity contribution in [3.05, 3.63) is 12.7 Å². The van der Waals surface area contributed by atoms with Gasteiger partial charge >= 0.3 is 0 Å². The van der Waals surface area contributed by atoms with Gasteiger partial charge in [-0.2, -0.15) is 0 Å². The van der Waals surface area contributed by atoms with E-state index in [9.17, 15) is 5.11 Å². The second kappa shape index (κ2) is 5.40. The zero-order valence-electron chi connectivity index (χ0n) is 8.41. The predicted molar refractivity (Wildman–Crippen MR) is 53.6 cm³/mol. The van der Waals surface area contributed by atoms with Crippen molar-refractivity contribution in [1.29, 1.82) is 0 Å². The molecule has 1 aliphatic rings. The van der Waals surface area contributed by atoms with Crippen LogP contribution >= 0.6 is 0 Å². The molecule has 1 aliphatic carbocycles. The number of aliphatic hydroxyl groups is 1. The van der Waals surface area contributed by atoms with Gasteiger partial charge in [0.15, 0.2) is 0 Å². The summed E-state index contributed by atoms with van der Waals surface area (Å²) in [7, 11) is 0. The minimum absolute atomic E-state index is 0.0740. The van der Waals surface area contributed by atoms with Crippen molar-refractivity contribution in [3.8, 4) is 0 Å². The fourth-order valence-electron chi connectivity index (χ4n) is 1.63. The van der Waals surface area contributed by atoms with Gasteiger partial charge < -0.3 is 9.84 Å². The van der Waals surface area contributed by atoms with Gasteiger partial charge in [-0.05, 0) is 38.5 Å². The third-order valence-corrected chi connectivity index (χ3v) is 2.49. The van der Waals surface area contributed by atoms with Crippen LogP contribution in [-0.2, 0) is 4.74 Å². The van der Waals surface area contributed by atoms with Gasteiger partial charge in [0.05, 0.1) is 12.2 Å². The molecular weight excluding hydrogens is 164 g/mol. The van der Waals surface area contributed by atoms with Gasteiger partial charge in [0.1, 0.15) is 0 Å². The van der Waals surface area contributed by atoms with E-state index in [2.05, 4.69) is 6.58 Å². The number of ether oxygens (including phenoxy) is 1. The first-order chi connectivity index (χ1) is 6.29. The minimum Gasteiger partial charge on any atom is -0.390 e. The van der Waals surface area contributed by atoms with Crippen LogP contribution in [0.3, 0.4) is 0 Å². The quantitative estimate of drug-likeness (QED) is 0.614. The Bertz CT molecular complexity index is 152. The molecule has 0 radical (unpaired) electrons. The molecule has 0 saturated heterocycles. The molecule has 0 bridgehead atoms. The molecule has 1 saturated carbocycles. The highest BCUT2D eigenvalue weighted by Gasteiger charge is 2.35. The van der Waals surface area contributed by atoms with E-state index >= 15 is 0 Å². The van der Waals surface area contributed by atoms with Gasteiger partial charge in [-0.15, -0.1) is 6.58 Å². The van der Waals surface area contributed by atoms with Gasteiger partial charge in [-0.3, -0.25) is 0 Å². The zero-order valence-corrected chi connectivity index (χ0v) is 8.41. The van der Waals surface area contributed by atoms with Crippen molar-refractivity contribution in [3.63, 3.8) is 0 Å². The molecule has 2 unspecified atom stereocenters. The van der Waals surface area contributed by atoms with Gasteiger partial charge in [-0.1, -0.05) is 6.08 Å². The molecule has 2 heteroatoms. The van der Waals surface area contributed by atoms with Gasteiger partial charge in [0.2, 0.25) is 0 Å². The van der Waals surface area contributed by atoms with Crippen LogP contribution in [0.15, 0.2) is 12.7 Å². The first-order valence-corrected chi connectivity index (χ1v) is 5.20. The molecule has 0 aromatic rings. The lowest BCUT2D eigenvalue weighted by molar-refractivity contribution is -0.0470. The fraction of sp³-hybridized carbons (Fsp3) is 0.818. The summed E-state index contributed by atoms with van der Waals surface area (Å²) in [5, 5.41) is 9.81. The largest absolute Gasteiger partial charge is 0.390 e. The SMILES string of the molecule is C=CCCC(O)C(OCC)C1CC1. The summed E-state index contributed by atoms with van der Waals surface area (Å²) in [5.74, 6) is 0.611. The maximum Gasteiger partial charge on any atom is 0.0861 e.